The SMILES string of the molecule is CC(Oc1ccc2c(-c3ccc(F)cc3Cl)cc(=O)oc2c1)C(=O)N1CCC[C@H](CC(N)=O)C1. The summed E-state index contributed by atoms with van der Waals surface area (Å²) in [6, 6.07) is 10.1. The van der Waals surface area contributed by atoms with Crippen LogP contribution in [0.1, 0.15) is 26.2 Å². The number of piperidine rings is 1. The first-order valence-electron chi connectivity index (χ1n) is 11.0. The molecular weight excluding hydrogens is 463 g/mol. The molecule has 1 aliphatic heterocycles. The molecule has 1 fully saturated rings. The van der Waals surface area contributed by atoms with E-state index < -0.39 is 17.5 Å². The van der Waals surface area contributed by atoms with Crippen molar-refractivity contribution in [2.75, 3.05) is 13.1 Å². The first-order valence-corrected chi connectivity index (χ1v) is 11.4. The molecular formula is C25H24ClFN2O5. The Kier molecular flexibility index (Phi) is 6.88. The second-order valence-corrected chi connectivity index (χ2v) is 8.89. The molecule has 1 aromatic heterocycles. The van der Waals surface area contributed by atoms with Gasteiger partial charge >= 0.3 is 5.63 Å². The minimum atomic E-state index is -0.786. The number of carbonyl (C=O) groups is 2. The van der Waals surface area contributed by atoms with Crippen LogP contribution in [-0.4, -0.2) is 35.9 Å². The van der Waals surface area contributed by atoms with Crippen molar-refractivity contribution < 1.29 is 23.1 Å². The molecule has 1 unspecified atom stereocenters. The van der Waals surface area contributed by atoms with Crippen LogP contribution in [0.4, 0.5) is 4.39 Å². The van der Waals surface area contributed by atoms with E-state index in [2.05, 4.69) is 0 Å². The van der Waals surface area contributed by atoms with Crippen molar-refractivity contribution in [2.24, 2.45) is 11.7 Å². The van der Waals surface area contributed by atoms with Gasteiger partial charge in [0.25, 0.3) is 5.91 Å². The number of carbonyl (C=O) groups excluding carboxylic acids is 2. The molecule has 0 bridgehead atoms. The van der Waals surface area contributed by atoms with Crippen molar-refractivity contribution in [3.05, 3.63) is 63.7 Å². The average molecular weight is 487 g/mol. The number of hydrogen-bond acceptors (Lipinski definition) is 5. The number of nitrogens with two attached hydrogens (primary N) is 1. The van der Waals surface area contributed by atoms with E-state index in [-0.39, 0.29) is 34.8 Å². The fourth-order valence-electron chi connectivity index (χ4n) is 4.38. The number of halogens is 2. The summed E-state index contributed by atoms with van der Waals surface area (Å²) in [5.41, 5.74) is 5.95. The highest BCUT2D eigenvalue weighted by molar-refractivity contribution is 6.33. The average Bonchev–Trinajstić information content (AvgIpc) is 2.77. The van der Waals surface area contributed by atoms with Crippen LogP contribution in [0.25, 0.3) is 22.1 Å². The maximum atomic E-state index is 13.5. The number of likely N-dealkylation sites (tertiary alicyclic amines) is 1. The maximum Gasteiger partial charge on any atom is 0.336 e. The van der Waals surface area contributed by atoms with Crippen molar-refractivity contribution in [1.29, 1.82) is 0 Å². The van der Waals surface area contributed by atoms with Gasteiger partial charge in [0, 0.05) is 48.2 Å². The highest BCUT2D eigenvalue weighted by atomic mass is 35.5. The number of benzene rings is 2. The predicted molar refractivity (Wildman–Crippen MR) is 126 cm³/mol. The normalized spacial score (nSPS) is 16.9. The van der Waals surface area contributed by atoms with Gasteiger partial charge in [-0.25, -0.2) is 9.18 Å². The smallest absolute Gasteiger partial charge is 0.336 e. The van der Waals surface area contributed by atoms with Crippen molar-refractivity contribution in [1.82, 2.24) is 4.90 Å². The van der Waals surface area contributed by atoms with Crippen LogP contribution in [0.3, 0.4) is 0 Å². The van der Waals surface area contributed by atoms with Crippen LogP contribution in [0.2, 0.25) is 5.02 Å². The first-order chi connectivity index (χ1) is 16.2. The molecule has 0 spiro atoms. The molecule has 3 aromatic rings. The number of amides is 2. The summed E-state index contributed by atoms with van der Waals surface area (Å²) in [5, 5.41) is 0.757. The lowest BCUT2D eigenvalue weighted by atomic mass is 9.94. The summed E-state index contributed by atoms with van der Waals surface area (Å²) in [6.07, 6.45) is 1.12. The molecule has 2 N–H and O–H groups in total. The highest BCUT2D eigenvalue weighted by Crippen LogP contribution is 2.34. The zero-order chi connectivity index (χ0) is 24.4. The lowest BCUT2D eigenvalue weighted by molar-refractivity contribution is -0.140. The Balaban J connectivity index is 1.55. The second-order valence-electron chi connectivity index (χ2n) is 8.48. The van der Waals surface area contributed by atoms with Crippen LogP contribution in [0.5, 0.6) is 5.75 Å². The van der Waals surface area contributed by atoms with Gasteiger partial charge in [0.1, 0.15) is 17.1 Å². The summed E-state index contributed by atoms with van der Waals surface area (Å²) in [7, 11) is 0. The van der Waals surface area contributed by atoms with E-state index in [4.69, 9.17) is 26.5 Å². The van der Waals surface area contributed by atoms with Gasteiger partial charge in [-0.1, -0.05) is 11.6 Å². The van der Waals surface area contributed by atoms with E-state index in [1.807, 2.05) is 0 Å². The van der Waals surface area contributed by atoms with Crippen molar-refractivity contribution >= 4 is 34.4 Å². The summed E-state index contributed by atoms with van der Waals surface area (Å²) in [5.74, 6) is -0.645. The molecule has 2 heterocycles. The third-order valence-corrected chi connectivity index (χ3v) is 6.23. The fourth-order valence-corrected chi connectivity index (χ4v) is 4.64. The van der Waals surface area contributed by atoms with Crippen LogP contribution < -0.4 is 16.1 Å². The molecule has 0 radical (unpaired) electrons. The molecule has 1 aliphatic rings. The Morgan fingerprint density at radius 2 is 2.03 bits per heavy atom. The molecule has 2 amide bonds. The number of primary amides is 1. The van der Waals surface area contributed by atoms with Crippen LogP contribution in [-0.2, 0) is 9.59 Å². The standard InChI is InChI=1S/C25H24ClFN2O5/c1-14(25(32)29-8-2-3-15(13-29)9-23(28)30)33-17-5-7-19-20(12-24(31)34-22(19)11-17)18-6-4-16(27)10-21(18)26/h4-7,10-12,14-15H,2-3,8-9,13H2,1H3,(H2,28,30)/t14?,15-/m1/s1. The molecule has 2 atom stereocenters. The largest absolute Gasteiger partial charge is 0.481 e. The van der Waals surface area contributed by atoms with Gasteiger partial charge in [0.2, 0.25) is 5.91 Å². The fraction of sp³-hybridized carbons (Fsp3) is 0.320. The highest BCUT2D eigenvalue weighted by Gasteiger charge is 2.28. The number of ether oxygens (including phenoxy) is 1. The quantitative estimate of drug-likeness (QED) is 0.527. The number of nitrogens with zero attached hydrogens (tertiary/aromatic N) is 1. The predicted octanol–water partition coefficient (Wildman–Crippen LogP) is 4.13. The lowest BCUT2D eigenvalue weighted by Gasteiger charge is -2.33. The van der Waals surface area contributed by atoms with Crippen molar-refractivity contribution in [3.63, 3.8) is 0 Å². The summed E-state index contributed by atoms with van der Waals surface area (Å²) in [4.78, 5) is 38.0. The zero-order valence-electron chi connectivity index (χ0n) is 18.6. The summed E-state index contributed by atoms with van der Waals surface area (Å²) < 4.78 is 24.7. The minimum Gasteiger partial charge on any atom is -0.481 e. The Hall–Kier alpha value is -3.39. The van der Waals surface area contributed by atoms with E-state index in [0.717, 1.165) is 12.8 Å². The molecule has 2 aromatic carbocycles. The zero-order valence-corrected chi connectivity index (χ0v) is 19.3. The second kappa shape index (κ2) is 9.85. The first kappa shape index (κ1) is 23.8. The molecule has 0 aliphatic carbocycles. The summed E-state index contributed by atoms with van der Waals surface area (Å²) in [6.45, 7) is 2.70. The van der Waals surface area contributed by atoms with Gasteiger partial charge in [-0.2, -0.15) is 0 Å². The van der Waals surface area contributed by atoms with Crippen LogP contribution >= 0.6 is 11.6 Å². The van der Waals surface area contributed by atoms with E-state index in [1.54, 1.807) is 24.0 Å². The number of fused-ring (bicyclic) bond motifs is 1. The van der Waals surface area contributed by atoms with Crippen LogP contribution in [0.15, 0.2) is 51.7 Å². The molecule has 9 heteroatoms. The Labute approximate surface area is 200 Å². The molecule has 34 heavy (non-hydrogen) atoms. The van der Waals surface area contributed by atoms with E-state index in [1.165, 1.54) is 30.3 Å². The maximum absolute atomic E-state index is 13.5. The molecule has 4 rings (SSSR count). The van der Waals surface area contributed by atoms with Crippen LogP contribution in [0, 0.1) is 11.7 Å². The molecule has 0 saturated carbocycles. The topological polar surface area (TPSA) is 103 Å². The summed E-state index contributed by atoms with van der Waals surface area (Å²) >= 11 is 6.20. The number of hydrogen-bond donors (Lipinski definition) is 1. The van der Waals surface area contributed by atoms with Crippen molar-refractivity contribution in [3.8, 4) is 16.9 Å². The van der Waals surface area contributed by atoms with Gasteiger partial charge in [0.05, 0.1) is 5.02 Å². The Morgan fingerprint density at radius 1 is 1.24 bits per heavy atom. The third-order valence-electron chi connectivity index (χ3n) is 5.92. The minimum absolute atomic E-state index is 0.0500. The third kappa shape index (κ3) is 5.22. The Bertz CT molecular complexity index is 1310. The van der Waals surface area contributed by atoms with E-state index in [9.17, 15) is 18.8 Å². The Morgan fingerprint density at radius 3 is 2.76 bits per heavy atom. The van der Waals surface area contributed by atoms with Gasteiger partial charge in [-0.3, -0.25) is 9.59 Å². The van der Waals surface area contributed by atoms with Gasteiger partial charge in [0.15, 0.2) is 6.10 Å². The van der Waals surface area contributed by atoms with E-state index >= 15 is 0 Å². The molecule has 178 valence electrons. The molecule has 7 nitrogen and oxygen atoms in total. The monoisotopic (exact) mass is 486 g/mol. The molecule has 1 saturated heterocycles. The lowest BCUT2D eigenvalue weighted by Crippen LogP contribution is -2.46. The van der Waals surface area contributed by atoms with E-state index in [0.29, 0.717) is 35.4 Å². The van der Waals surface area contributed by atoms with Crippen molar-refractivity contribution in [2.45, 2.75) is 32.3 Å². The van der Waals surface area contributed by atoms with Gasteiger partial charge in [-0.05, 0) is 56.0 Å². The van der Waals surface area contributed by atoms with Gasteiger partial charge in [-0.15, -0.1) is 0 Å². The number of rotatable bonds is 6. The van der Waals surface area contributed by atoms with Gasteiger partial charge < -0.3 is 19.8 Å².